The molecule has 0 saturated heterocycles. The van der Waals surface area contributed by atoms with Gasteiger partial charge in [-0.05, 0) is 12.8 Å². The van der Waals surface area contributed by atoms with Gasteiger partial charge in [0.25, 0.3) is 0 Å². The van der Waals surface area contributed by atoms with Gasteiger partial charge < -0.3 is 20.3 Å². The van der Waals surface area contributed by atoms with Crippen LogP contribution in [0, 0.1) is 0 Å². The Morgan fingerprint density at radius 3 is 2.82 bits per heavy atom. The van der Waals surface area contributed by atoms with Crippen molar-refractivity contribution >= 4 is 12.0 Å². The molecule has 0 aromatic carbocycles. The van der Waals surface area contributed by atoms with Crippen molar-refractivity contribution in [1.82, 2.24) is 15.8 Å². The number of urea groups is 1. The molecule has 0 aliphatic rings. The SMILES string of the molecule is O=C(O)CCCCNC(=O)NCc1ccon1. The maximum atomic E-state index is 11.2. The molecule has 0 saturated carbocycles. The summed E-state index contributed by atoms with van der Waals surface area (Å²) in [6, 6.07) is 1.36. The average Bonchev–Trinajstić information content (AvgIpc) is 2.78. The number of unbranched alkanes of at least 4 members (excludes halogenated alkanes) is 1. The standard InChI is InChI=1S/C10H15N3O4/c14-9(15)3-1-2-5-11-10(16)12-7-8-4-6-17-13-8/h4,6H,1-3,5,7H2,(H,14,15)(H2,11,12,16). The van der Waals surface area contributed by atoms with Gasteiger partial charge >= 0.3 is 12.0 Å². The summed E-state index contributed by atoms with van der Waals surface area (Å²) in [4.78, 5) is 21.5. The van der Waals surface area contributed by atoms with Crippen molar-refractivity contribution in [2.75, 3.05) is 6.54 Å². The first-order chi connectivity index (χ1) is 8.18. The van der Waals surface area contributed by atoms with Crippen LogP contribution in [0.5, 0.6) is 0 Å². The lowest BCUT2D eigenvalue weighted by molar-refractivity contribution is -0.137. The Morgan fingerprint density at radius 1 is 1.35 bits per heavy atom. The lowest BCUT2D eigenvalue weighted by Crippen LogP contribution is -2.35. The Labute approximate surface area is 98.2 Å². The Bertz CT molecular complexity index is 350. The lowest BCUT2D eigenvalue weighted by atomic mass is 10.2. The minimum absolute atomic E-state index is 0.127. The second kappa shape index (κ2) is 7.26. The van der Waals surface area contributed by atoms with Crippen molar-refractivity contribution in [2.45, 2.75) is 25.8 Å². The first kappa shape index (κ1) is 13.0. The Hall–Kier alpha value is -2.05. The molecular formula is C10H15N3O4. The first-order valence-corrected chi connectivity index (χ1v) is 5.31. The molecule has 17 heavy (non-hydrogen) atoms. The van der Waals surface area contributed by atoms with Gasteiger partial charge in [-0.3, -0.25) is 4.79 Å². The monoisotopic (exact) mass is 241 g/mol. The van der Waals surface area contributed by atoms with Crippen molar-refractivity contribution < 1.29 is 19.2 Å². The molecule has 7 heteroatoms. The molecule has 1 aromatic heterocycles. The van der Waals surface area contributed by atoms with Gasteiger partial charge in [0.05, 0.1) is 6.54 Å². The molecule has 0 atom stereocenters. The number of aromatic nitrogens is 1. The highest BCUT2D eigenvalue weighted by Crippen LogP contribution is 1.94. The smallest absolute Gasteiger partial charge is 0.315 e. The van der Waals surface area contributed by atoms with E-state index in [-0.39, 0.29) is 12.5 Å². The molecule has 3 N–H and O–H groups in total. The maximum Gasteiger partial charge on any atom is 0.315 e. The van der Waals surface area contributed by atoms with Gasteiger partial charge in [0.1, 0.15) is 12.0 Å². The summed E-state index contributed by atoms with van der Waals surface area (Å²) in [5.41, 5.74) is 0.644. The van der Waals surface area contributed by atoms with E-state index in [4.69, 9.17) is 5.11 Å². The number of hydrogen-bond acceptors (Lipinski definition) is 4. The number of carboxylic acids is 1. The van der Waals surface area contributed by atoms with Crippen molar-refractivity contribution in [1.29, 1.82) is 0 Å². The molecule has 1 aromatic rings. The fourth-order valence-corrected chi connectivity index (χ4v) is 1.17. The number of amides is 2. The Balaban J connectivity index is 2.00. The summed E-state index contributed by atoms with van der Waals surface area (Å²) in [7, 11) is 0. The van der Waals surface area contributed by atoms with Crippen LogP contribution in [0.15, 0.2) is 16.9 Å². The van der Waals surface area contributed by atoms with E-state index in [0.29, 0.717) is 31.6 Å². The van der Waals surface area contributed by atoms with E-state index in [1.54, 1.807) is 6.07 Å². The fraction of sp³-hybridized carbons (Fsp3) is 0.500. The van der Waals surface area contributed by atoms with E-state index in [9.17, 15) is 9.59 Å². The third-order valence-corrected chi connectivity index (χ3v) is 2.02. The van der Waals surface area contributed by atoms with Gasteiger partial charge in [-0.25, -0.2) is 4.79 Å². The van der Waals surface area contributed by atoms with Crippen LogP contribution >= 0.6 is 0 Å². The molecule has 0 aliphatic heterocycles. The molecule has 0 fully saturated rings. The van der Waals surface area contributed by atoms with Gasteiger partial charge in [-0.2, -0.15) is 0 Å². The molecule has 1 heterocycles. The molecule has 0 unspecified atom stereocenters. The third-order valence-electron chi connectivity index (χ3n) is 2.02. The van der Waals surface area contributed by atoms with E-state index in [1.165, 1.54) is 6.26 Å². The van der Waals surface area contributed by atoms with Crippen molar-refractivity contribution in [3.05, 3.63) is 18.0 Å². The molecule has 0 bridgehead atoms. The van der Waals surface area contributed by atoms with Gasteiger partial charge in [0.15, 0.2) is 0 Å². The molecule has 7 nitrogen and oxygen atoms in total. The molecule has 94 valence electrons. The van der Waals surface area contributed by atoms with Crippen LogP contribution in [0.25, 0.3) is 0 Å². The molecule has 0 aliphatic carbocycles. The number of carboxylic acid groups (broad SMARTS) is 1. The van der Waals surface area contributed by atoms with E-state index in [2.05, 4.69) is 20.3 Å². The van der Waals surface area contributed by atoms with Gasteiger partial charge in [0, 0.05) is 19.0 Å². The Kier molecular flexibility index (Phi) is 5.56. The zero-order valence-corrected chi connectivity index (χ0v) is 9.31. The average molecular weight is 241 g/mol. The second-order valence-electron chi connectivity index (χ2n) is 3.45. The molecule has 2 amide bonds. The van der Waals surface area contributed by atoms with E-state index < -0.39 is 5.97 Å². The van der Waals surface area contributed by atoms with Crippen LogP contribution in [0.1, 0.15) is 25.0 Å². The van der Waals surface area contributed by atoms with Gasteiger partial charge in [-0.1, -0.05) is 5.16 Å². The van der Waals surface area contributed by atoms with Crippen LogP contribution in [0.2, 0.25) is 0 Å². The van der Waals surface area contributed by atoms with Crippen molar-refractivity contribution in [3.8, 4) is 0 Å². The summed E-state index contributed by atoms with van der Waals surface area (Å²) in [6.07, 6.45) is 2.76. The van der Waals surface area contributed by atoms with E-state index in [0.717, 1.165) is 0 Å². The Morgan fingerprint density at radius 2 is 2.18 bits per heavy atom. The topological polar surface area (TPSA) is 104 Å². The number of hydrogen-bond donors (Lipinski definition) is 3. The highest BCUT2D eigenvalue weighted by atomic mass is 16.5. The number of carbonyl (C=O) groups excluding carboxylic acids is 1. The summed E-state index contributed by atoms with van der Waals surface area (Å²) >= 11 is 0. The molecule has 0 spiro atoms. The predicted molar refractivity (Wildman–Crippen MR) is 58.2 cm³/mol. The third kappa shape index (κ3) is 6.18. The fourth-order valence-electron chi connectivity index (χ4n) is 1.17. The number of carbonyl (C=O) groups is 2. The lowest BCUT2D eigenvalue weighted by Gasteiger charge is -2.05. The highest BCUT2D eigenvalue weighted by Gasteiger charge is 2.02. The first-order valence-electron chi connectivity index (χ1n) is 5.31. The highest BCUT2D eigenvalue weighted by molar-refractivity contribution is 5.73. The minimum Gasteiger partial charge on any atom is -0.481 e. The quantitative estimate of drug-likeness (QED) is 0.610. The number of aliphatic carboxylic acids is 1. The van der Waals surface area contributed by atoms with Crippen LogP contribution in [0.4, 0.5) is 4.79 Å². The van der Waals surface area contributed by atoms with Crippen LogP contribution < -0.4 is 10.6 Å². The predicted octanol–water partition coefficient (Wildman–Crippen LogP) is 0.729. The van der Waals surface area contributed by atoms with Gasteiger partial charge in [-0.15, -0.1) is 0 Å². The van der Waals surface area contributed by atoms with Crippen molar-refractivity contribution in [3.63, 3.8) is 0 Å². The molecular weight excluding hydrogens is 226 g/mol. The molecule has 0 radical (unpaired) electrons. The van der Waals surface area contributed by atoms with Crippen LogP contribution in [0.3, 0.4) is 0 Å². The van der Waals surface area contributed by atoms with Crippen LogP contribution in [-0.2, 0) is 11.3 Å². The normalized spacial score (nSPS) is 9.88. The summed E-state index contributed by atoms with van der Waals surface area (Å²) < 4.78 is 4.60. The van der Waals surface area contributed by atoms with E-state index >= 15 is 0 Å². The summed E-state index contributed by atoms with van der Waals surface area (Å²) in [5.74, 6) is -0.819. The number of rotatable bonds is 7. The zero-order chi connectivity index (χ0) is 12.5. The number of nitrogens with one attached hydrogen (secondary N) is 2. The van der Waals surface area contributed by atoms with Gasteiger partial charge in [0.2, 0.25) is 0 Å². The van der Waals surface area contributed by atoms with Crippen molar-refractivity contribution in [2.24, 2.45) is 0 Å². The second-order valence-corrected chi connectivity index (χ2v) is 3.45. The van der Waals surface area contributed by atoms with Crippen LogP contribution in [-0.4, -0.2) is 28.8 Å². The summed E-state index contributed by atoms with van der Waals surface area (Å²) in [6.45, 7) is 0.759. The minimum atomic E-state index is -0.819. The number of nitrogens with zero attached hydrogens (tertiary/aromatic N) is 1. The molecule has 1 rings (SSSR count). The van der Waals surface area contributed by atoms with E-state index in [1.807, 2.05) is 0 Å². The maximum absolute atomic E-state index is 11.2. The largest absolute Gasteiger partial charge is 0.481 e. The summed E-state index contributed by atoms with van der Waals surface area (Å²) in [5, 5.41) is 17.2. The zero-order valence-electron chi connectivity index (χ0n) is 9.31.